The van der Waals surface area contributed by atoms with Crippen LogP contribution in [0.2, 0.25) is 0 Å². The summed E-state index contributed by atoms with van der Waals surface area (Å²) >= 11 is 0. The smallest absolute Gasteiger partial charge is 0.306 e. The third kappa shape index (κ3) is 9.80. The number of allylic oxidation sites excluding steroid dienone is 4. The van der Waals surface area contributed by atoms with E-state index in [1.165, 1.54) is 0 Å². The van der Waals surface area contributed by atoms with Gasteiger partial charge in [0, 0.05) is 46.0 Å². The van der Waals surface area contributed by atoms with Crippen LogP contribution < -0.4 is 24.0 Å². The van der Waals surface area contributed by atoms with E-state index in [1.807, 2.05) is 13.8 Å². The van der Waals surface area contributed by atoms with Crippen LogP contribution in [0.3, 0.4) is 0 Å². The summed E-state index contributed by atoms with van der Waals surface area (Å²) in [5, 5.41) is 0. The van der Waals surface area contributed by atoms with Crippen molar-refractivity contribution in [1.82, 2.24) is 0 Å². The molecule has 320 valence electrons. The molecule has 0 N–H and O–H groups in total. The number of hydrogen-bond acceptors (Lipinski definition) is 10. The molecule has 0 bridgehead atoms. The van der Waals surface area contributed by atoms with Gasteiger partial charge in [0.05, 0.1) is 45.4 Å². The number of ether oxygens (including phenoxy) is 8. The molecule has 1 saturated carbocycles. The van der Waals surface area contributed by atoms with Crippen LogP contribution in [0.15, 0.2) is 23.8 Å². The van der Waals surface area contributed by atoms with Crippen LogP contribution >= 0.6 is 0 Å². The molecule has 4 fully saturated rings. The van der Waals surface area contributed by atoms with Crippen LogP contribution in [-0.4, -0.2) is 126 Å². The van der Waals surface area contributed by atoms with E-state index in [0.717, 1.165) is 68.0 Å². The average molecular weight is 902 g/mol. The van der Waals surface area contributed by atoms with Crippen molar-refractivity contribution in [1.29, 1.82) is 0 Å². The predicted octanol–water partition coefficient (Wildman–Crippen LogP) is 3.42. The molecule has 0 aromatic carbocycles. The Labute approximate surface area is 353 Å². The molecule has 0 aromatic rings. The van der Waals surface area contributed by atoms with Crippen LogP contribution in [0.5, 0.6) is 0 Å². The number of hydrogen-bond donors (Lipinski definition) is 0. The van der Waals surface area contributed by atoms with Gasteiger partial charge in [-0.3, -0.25) is 9.59 Å². The minimum Gasteiger partial charge on any atom is -1.00 e. The predicted molar refractivity (Wildman–Crippen MR) is 208 cm³/mol. The van der Waals surface area contributed by atoms with E-state index in [9.17, 15) is 9.59 Å². The molecule has 56 heavy (non-hydrogen) atoms. The summed E-state index contributed by atoms with van der Waals surface area (Å²) in [7, 11) is 9.58. The van der Waals surface area contributed by atoms with Crippen LogP contribution in [0.25, 0.3) is 0 Å². The van der Waals surface area contributed by atoms with Crippen LogP contribution in [0.1, 0.15) is 98.8 Å². The van der Waals surface area contributed by atoms with Gasteiger partial charge >= 0.3 is 5.97 Å². The number of esters is 1. The fourth-order valence-electron chi connectivity index (χ4n) is 11.4. The Balaban J connectivity index is 0.00000600. The van der Waals surface area contributed by atoms with Gasteiger partial charge in [0.15, 0.2) is 18.4 Å². The van der Waals surface area contributed by atoms with Crippen molar-refractivity contribution in [2.24, 2.45) is 35.5 Å². The van der Waals surface area contributed by atoms with Crippen molar-refractivity contribution in [3.05, 3.63) is 23.8 Å². The number of halogens is 1. The Morgan fingerprint density at radius 1 is 0.821 bits per heavy atom. The summed E-state index contributed by atoms with van der Waals surface area (Å²) in [6, 6.07) is 0.408. The van der Waals surface area contributed by atoms with E-state index >= 15 is 0 Å². The maximum atomic E-state index is 14.8. The number of methoxy groups -OCH3 is 3. The fraction of sp³-hybridized carbons (Fsp3) is 0.864. The SMILES string of the molecule is CCC[N+](C)(C)[C@H]1CC[C@H](O[C@H]2CCC[C@H](CC)OC(=O)C[C@@H]3C(=C[C@@H]4[C@H]3C=C[C@@H]3C[C@@H](O[C@@H]5O[C@@H](C)[C@H](OC)[C@@H](OC)[C@H]5OC)C[C@@H]43)C(=O)[C@@H]2C)O[C@@H]1C.[I-]. The Hall–Kier alpha value is -0.970. The summed E-state index contributed by atoms with van der Waals surface area (Å²) in [5.74, 6) is 0.0221. The molecule has 11 nitrogen and oxygen atoms in total. The average Bonchev–Trinajstić information content (AvgIpc) is 3.73. The second kappa shape index (κ2) is 20.1. The highest BCUT2D eigenvalue weighted by Gasteiger charge is 2.53. The second-order valence-corrected chi connectivity index (χ2v) is 18.0. The van der Waals surface area contributed by atoms with Crippen molar-refractivity contribution in [2.45, 2.75) is 166 Å². The molecule has 0 spiro atoms. The summed E-state index contributed by atoms with van der Waals surface area (Å²) < 4.78 is 50.9. The molecule has 0 amide bonds. The molecule has 3 aliphatic heterocycles. The second-order valence-electron chi connectivity index (χ2n) is 18.0. The van der Waals surface area contributed by atoms with Gasteiger partial charge in [-0.1, -0.05) is 39.0 Å². The monoisotopic (exact) mass is 901 g/mol. The number of carbonyl (C=O) groups excluding carboxylic acids is 2. The first-order valence-electron chi connectivity index (χ1n) is 21.5. The van der Waals surface area contributed by atoms with Crippen molar-refractivity contribution in [3.63, 3.8) is 0 Å². The van der Waals surface area contributed by atoms with E-state index in [2.05, 4.69) is 53.1 Å². The minimum absolute atomic E-state index is 0. The number of ketones is 1. The summed E-state index contributed by atoms with van der Waals surface area (Å²) in [4.78, 5) is 28.3. The largest absolute Gasteiger partial charge is 1.00 e. The molecular weight excluding hydrogens is 829 g/mol. The van der Waals surface area contributed by atoms with E-state index in [1.54, 1.807) is 21.3 Å². The molecule has 3 aliphatic carbocycles. The van der Waals surface area contributed by atoms with Gasteiger partial charge in [-0.15, -0.1) is 0 Å². The standard InChI is InChI=1S/C44H72NO10.HI/c1-11-20-45(6,7)36-18-19-39(51-26(36)4)55-37-15-13-14-29(12-2)53-38(46)24-34-31-17-16-28-21-30(22-32(28)33(31)23-35(34)40(47)25(37)3)54-44-43(50-10)42(49-9)41(48-8)27(5)52-44;/h16-17,23,25-34,36-37,39,41-44H,11-15,18-22,24H2,1-10H3;1H/q+1;/p-1/t25-,26-,27+,28-,29+,30-,31-,32-,33-,34+,36+,37+,39+,41+,42-,43-,44+;/m1./s1. The maximum absolute atomic E-state index is 14.8. The molecule has 0 unspecified atom stereocenters. The van der Waals surface area contributed by atoms with E-state index in [-0.39, 0.29) is 121 Å². The van der Waals surface area contributed by atoms with E-state index in [4.69, 9.17) is 37.9 Å². The van der Waals surface area contributed by atoms with Gasteiger partial charge in [-0.2, -0.15) is 0 Å². The Bertz CT molecular complexity index is 1370. The number of carbonyl (C=O) groups is 2. The topological polar surface area (TPSA) is 108 Å². The summed E-state index contributed by atoms with van der Waals surface area (Å²) in [5.41, 5.74) is 0.769. The number of quaternary nitrogens is 1. The molecule has 12 heteroatoms. The van der Waals surface area contributed by atoms with Gasteiger partial charge in [-0.05, 0) is 88.0 Å². The number of nitrogens with zero attached hydrogens (tertiary/aromatic N) is 1. The minimum atomic E-state index is -0.595. The molecule has 3 heterocycles. The zero-order valence-electron chi connectivity index (χ0n) is 35.7. The maximum Gasteiger partial charge on any atom is 0.306 e. The van der Waals surface area contributed by atoms with E-state index in [0.29, 0.717) is 18.4 Å². The van der Waals surface area contributed by atoms with Crippen LogP contribution in [-0.2, 0) is 47.5 Å². The quantitative estimate of drug-likeness (QED) is 0.133. The van der Waals surface area contributed by atoms with Crippen molar-refractivity contribution in [2.75, 3.05) is 42.0 Å². The first-order chi connectivity index (χ1) is 26.3. The highest BCUT2D eigenvalue weighted by molar-refractivity contribution is 5.99. The third-order valence-corrected chi connectivity index (χ3v) is 14.3. The van der Waals surface area contributed by atoms with Crippen LogP contribution in [0.4, 0.5) is 0 Å². The summed E-state index contributed by atoms with van der Waals surface area (Å²) in [6.45, 7) is 11.6. The zero-order chi connectivity index (χ0) is 39.6. The van der Waals surface area contributed by atoms with Gasteiger partial charge in [0.25, 0.3) is 0 Å². The summed E-state index contributed by atoms with van der Waals surface area (Å²) in [6.07, 6.45) is 12.1. The number of likely N-dealkylation sites (N-methyl/N-ethyl adjacent to an activating group) is 1. The molecule has 6 aliphatic rings. The lowest BCUT2D eigenvalue weighted by atomic mass is 9.70. The highest BCUT2D eigenvalue weighted by atomic mass is 127. The molecule has 0 radical (unpaired) electrons. The van der Waals surface area contributed by atoms with Gasteiger partial charge in [0.1, 0.15) is 36.6 Å². The number of fused-ring (bicyclic) bond motifs is 5. The lowest BCUT2D eigenvalue weighted by Gasteiger charge is -2.45. The zero-order valence-corrected chi connectivity index (χ0v) is 37.9. The Morgan fingerprint density at radius 3 is 2.21 bits per heavy atom. The van der Waals surface area contributed by atoms with Gasteiger partial charge in [-0.25, -0.2) is 0 Å². The normalized spacial score (nSPS) is 43.3. The van der Waals surface area contributed by atoms with E-state index < -0.39 is 12.4 Å². The molecule has 6 rings (SSSR count). The number of Topliss-reactive ketones (excluding diaryl/α,β-unsaturated/α-hetero) is 1. The van der Waals surface area contributed by atoms with Gasteiger partial charge in [0.2, 0.25) is 0 Å². The van der Waals surface area contributed by atoms with Crippen molar-refractivity contribution in [3.8, 4) is 0 Å². The molecule has 17 atom stereocenters. The molecule has 0 aromatic heterocycles. The lowest BCUT2D eigenvalue weighted by molar-refractivity contribution is -0.920. The fourth-order valence-corrected chi connectivity index (χ4v) is 11.4. The van der Waals surface area contributed by atoms with Crippen molar-refractivity contribution >= 4 is 11.8 Å². The third-order valence-electron chi connectivity index (χ3n) is 14.3. The van der Waals surface area contributed by atoms with Crippen LogP contribution in [0, 0.1) is 35.5 Å². The first-order valence-corrected chi connectivity index (χ1v) is 21.5. The number of cyclic esters (lactones) is 1. The highest BCUT2D eigenvalue weighted by Crippen LogP contribution is 2.54. The molecular formula is C44H72INO10. The Morgan fingerprint density at radius 2 is 1.55 bits per heavy atom. The lowest BCUT2D eigenvalue weighted by Crippen LogP contribution is -3.00. The number of rotatable bonds is 11. The van der Waals surface area contributed by atoms with Gasteiger partial charge < -0.3 is 66.4 Å². The first kappa shape index (κ1) is 46.1. The van der Waals surface area contributed by atoms with Crippen molar-refractivity contribution < 1.29 is 75.9 Å². The molecule has 3 saturated heterocycles. The Kier molecular flexibility index (Phi) is 16.5.